The standard InChI is InChI=1S/C19H17IP2.HI/c20-19(21)22(16-10-4-1-5-11-16,17-12-6-2-7-13-17)18-14-8-3-9-15-18;/h1-15H,21H2;1H. The molecule has 0 bridgehead atoms. The molecule has 1 atom stereocenters. The average molecular weight is 562 g/mol. The van der Waals surface area contributed by atoms with E-state index < -0.39 is 6.89 Å². The molecule has 3 aromatic carbocycles. The third kappa shape index (κ3) is 3.76. The summed E-state index contributed by atoms with van der Waals surface area (Å²) in [5, 5.41) is 4.27. The lowest BCUT2D eigenvalue weighted by atomic mass is 10.4. The van der Waals surface area contributed by atoms with Crippen LogP contribution in [0, 0.1) is 0 Å². The van der Waals surface area contributed by atoms with Gasteiger partial charge in [-0.3, -0.25) is 0 Å². The quantitative estimate of drug-likeness (QED) is 0.332. The van der Waals surface area contributed by atoms with E-state index in [1.807, 2.05) is 9.24 Å². The molecule has 3 aromatic rings. The summed E-state index contributed by atoms with van der Waals surface area (Å²) in [5.74, 6) is 0. The van der Waals surface area contributed by atoms with Crippen LogP contribution in [0.4, 0.5) is 0 Å². The molecule has 0 spiro atoms. The van der Waals surface area contributed by atoms with E-state index in [0.717, 1.165) is 0 Å². The van der Waals surface area contributed by atoms with Gasteiger partial charge in [0.05, 0.1) is 0 Å². The Labute approximate surface area is 171 Å². The van der Waals surface area contributed by atoms with Gasteiger partial charge in [-0.1, -0.05) is 91.0 Å². The van der Waals surface area contributed by atoms with Crippen molar-refractivity contribution in [2.75, 3.05) is 0 Å². The molecule has 0 amide bonds. The first-order chi connectivity index (χ1) is 10.8. The van der Waals surface area contributed by atoms with E-state index in [2.05, 4.69) is 114 Å². The third-order valence-corrected chi connectivity index (χ3v) is 11.3. The zero-order chi connectivity index (χ0) is 15.4. The molecule has 3 rings (SSSR count). The third-order valence-electron chi connectivity index (χ3n) is 3.79. The molecule has 0 fully saturated rings. The van der Waals surface area contributed by atoms with Crippen LogP contribution in [-0.4, -0.2) is 3.04 Å². The maximum atomic E-state index is 2.55. The summed E-state index contributed by atoms with van der Waals surface area (Å²) in [6, 6.07) is 32.9. The highest BCUT2D eigenvalue weighted by Gasteiger charge is 2.29. The van der Waals surface area contributed by atoms with Crippen molar-refractivity contribution in [3.8, 4) is 0 Å². The van der Waals surface area contributed by atoms with Crippen LogP contribution >= 0.6 is 38.7 Å². The highest BCUT2D eigenvalue weighted by Crippen LogP contribution is 2.49. The average Bonchev–Trinajstić information content (AvgIpc) is 2.58. The largest absolute Gasteiger partial charge is 1.00 e. The van der Waals surface area contributed by atoms with E-state index in [4.69, 9.17) is 0 Å². The van der Waals surface area contributed by atoms with Gasteiger partial charge in [-0.15, -0.1) is 0 Å². The minimum absolute atomic E-state index is 0. The lowest BCUT2D eigenvalue weighted by molar-refractivity contribution is -0.00000390. The van der Waals surface area contributed by atoms with E-state index in [9.17, 15) is 0 Å². The summed E-state index contributed by atoms with van der Waals surface area (Å²) >= 11 is 2.55. The molecular weight excluding hydrogens is 544 g/mol. The Hall–Kier alpha value is -0.150. The van der Waals surface area contributed by atoms with Gasteiger partial charge in [0, 0.05) is 16.1 Å². The second-order valence-electron chi connectivity index (χ2n) is 5.05. The van der Waals surface area contributed by atoms with Crippen LogP contribution in [0.3, 0.4) is 0 Å². The fourth-order valence-corrected chi connectivity index (χ4v) is 10.6. The van der Waals surface area contributed by atoms with E-state index in [1.165, 1.54) is 19.0 Å². The number of rotatable bonds is 3. The van der Waals surface area contributed by atoms with Crippen molar-refractivity contribution in [1.29, 1.82) is 0 Å². The summed E-state index contributed by atoms with van der Waals surface area (Å²) in [6.45, 7) is -1.71. The van der Waals surface area contributed by atoms with E-state index >= 15 is 0 Å². The van der Waals surface area contributed by atoms with Gasteiger partial charge >= 0.3 is 0 Å². The molecule has 0 aliphatic carbocycles. The van der Waals surface area contributed by atoms with Gasteiger partial charge < -0.3 is 24.0 Å². The minimum atomic E-state index is -1.71. The van der Waals surface area contributed by atoms with Crippen molar-refractivity contribution in [1.82, 2.24) is 0 Å². The molecule has 118 valence electrons. The summed E-state index contributed by atoms with van der Waals surface area (Å²) in [6.07, 6.45) is 0. The molecule has 1 unspecified atom stereocenters. The summed E-state index contributed by atoms with van der Waals surface area (Å²) in [7, 11) is 2.03. The van der Waals surface area contributed by atoms with Crippen molar-refractivity contribution in [2.45, 2.75) is 0 Å². The summed E-state index contributed by atoms with van der Waals surface area (Å²) in [5.41, 5.74) is 0. The number of halogens is 2. The van der Waals surface area contributed by atoms with Gasteiger partial charge in [0.2, 0.25) is 0 Å². The SMILES string of the molecule is [I-].[PH3+]C(I)=P(c1ccccc1)(c1ccccc1)c1ccccc1. The van der Waals surface area contributed by atoms with Crippen LogP contribution in [0.2, 0.25) is 0 Å². The molecule has 0 saturated carbocycles. The van der Waals surface area contributed by atoms with E-state index in [0.29, 0.717) is 0 Å². The van der Waals surface area contributed by atoms with Gasteiger partial charge in [0.15, 0.2) is 0 Å². The fourth-order valence-electron chi connectivity index (χ4n) is 2.82. The highest BCUT2D eigenvalue weighted by atomic mass is 127. The Bertz CT molecular complexity index is 693. The van der Waals surface area contributed by atoms with Gasteiger partial charge in [0.1, 0.15) is 3.04 Å². The Kier molecular flexibility index (Phi) is 7.34. The molecule has 0 N–H and O–H groups in total. The smallest absolute Gasteiger partial charge is 0.129 e. The molecule has 0 aliphatic rings. The zero-order valence-corrected chi connectivity index (χ0v) is 19.2. The Morgan fingerprint density at radius 3 is 1.09 bits per heavy atom. The van der Waals surface area contributed by atoms with Gasteiger partial charge in [-0.2, -0.15) is 0 Å². The lowest BCUT2D eigenvalue weighted by Crippen LogP contribution is -3.00. The molecule has 0 aliphatic heterocycles. The van der Waals surface area contributed by atoms with Crippen molar-refractivity contribution in [3.63, 3.8) is 0 Å². The van der Waals surface area contributed by atoms with Crippen LogP contribution in [0.5, 0.6) is 0 Å². The molecule has 0 nitrogen and oxygen atoms in total. The van der Waals surface area contributed by atoms with Crippen molar-refractivity contribution < 1.29 is 24.0 Å². The molecule has 23 heavy (non-hydrogen) atoms. The molecular formula is C19H18I2P2. The van der Waals surface area contributed by atoms with E-state index in [1.54, 1.807) is 0 Å². The van der Waals surface area contributed by atoms with Crippen LogP contribution in [-0.2, 0) is 0 Å². The predicted molar refractivity (Wildman–Crippen MR) is 115 cm³/mol. The first kappa shape index (κ1) is 19.2. The molecule has 4 heteroatoms. The van der Waals surface area contributed by atoms with Crippen molar-refractivity contribution >= 4 is 57.7 Å². The summed E-state index contributed by atoms with van der Waals surface area (Å²) in [4.78, 5) is 0. The molecule has 0 heterocycles. The number of hydrogen-bond acceptors (Lipinski definition) is 0. The Morgan fingerprint density at radius 2 is 0.870 bits per heavy atom. The second-order valence-corrected chi connectivity index (χ2v) is 13.4. The molecule has 0 radical (unpaired) electrons. The monoisotopic (exact) mass is 562 g/mol. The number of hydrogen-bond donors (Lipinski definition) is 0. The van der Waals surface area contributed by atoms with Crippen LogP contribution < -0.4 is 39.9 Å². The molecule has 0 saturated heterocycles. The number of benzene rings is 3. The van der Waals surface area contributed by atoms with Gasteiger partial charge in [-0.25, -0.2) is 0 Å². The maximum absolute atomic E-state index is 2.55. The van der Waals surface area contributed by atoms with Crippen molar-refractivity contribution in [3.05, 3.63) is 91.0 Å². The fraction of sp³-hybridized carbons (Fsp3) is 0. The first-order valence-corrected chi connectivity index (χ1v) is 10.7. The normalized spacial score (nSPS) is 10.8. The zero-order valence-electron chi connectivity index (χ0n) is 12.6. The van der Waals surface area contributed by atoms with Crippen LogP contribution in [0.15, 0.2) is 91.0 Å². The van der Waals surface area contributed by atoms with Crippen LogP contribution in [0.25, 0.3) is 0 Å². The second kappa shape index (κ2) is 8.80. The maximum Gasteiger partial charge on any atom is 0.129 e. The predicted octanol–water partition coefficient (Wildman–Crippen LogP) is 1.11. The Morgan fingerprint density at radius 1 is 0.609 bits per heavy atom. The van der Waals surface area contributed by atoms with E-state index in [-0.39, 0.29) is 24.0 Å². The van der Waals surface area contributed by atoms with Gasteiger partial charge in [-0.05, 0) is 38.5 Å². The topological polar surface area (TPSA) is 0 Å². The highest BCUT2D eigenvalue weighted by molar-refractivity contribution is 14.1. The lowest BCUT2D eigenvalue weighted by Gasteiger charge is -2.27. The van der Waals surface area contributed by atoms with Crippen LogP contribution in [0.1, 0.15) is 0 Å². The summed E-state index contributed by atoms with van der Waals surface area (Å²) < 4.78 is 1.48. The van der Waals surface area contributed by atoms with Gasteiger partial charge in [0.25, 0.3) is 0 Å². The molecule has 0 aromatic heterocycles. The van der Waals surface area contributed by atoms with Crippen molar-refractivity contribution in [2.24, 2.45) is 0 Å². The Balaban J connectivity index is 0.00000192. The minimum Gasteiger partial charge on any atom is -1.00 e. The first-order valence-electron chi connectivity index (χ1n) is 7.17.